The number of anilines is 2. The third-order valence-corrected chi connectivity index (χ3v) is 13.2. The number of aryl methyl sites for hydroxylation is 6. The molecule has 0 bridgehead atoms. The molecule has 2 unspecified atom stereocenters. The van der Waals surface area contributed by atoms with Crippen LogP contribution in [-0.4, -0.2) is 86.0 Å². The minimum atomic E-state index is -1.13. The number of aromatic carboxylic acids is 1. The van der Waals surface area contributed by atoms with Gasteiger partial charge in [0.25, 0.3) is 5.91 Å². The Kier molecular flexibility index (Phi) is 11.1. The van der Waals surface area contributed by atoms with Gasteiger partial charge >= 0.3 is 5.97 Å². The maximum Gasteiger partial charge on any atom is 0.337 e. The molecular weight excluding hydrogens is 789 g/mol. The number of halogens is 2. The lowest BCUT2D eigenvalue weighted by atomic mass is 9.98. The summed E-state index contributed by atoms with van der Waals surface area (Å²) >= 11 is 14.0. The third kappa shape index (κ3) is 6.94. The second-order valence-corrected chi connectivity index (χ2v) is 16.9. The summed E-state index contributed by atoms with van der Waals surface area (Å²) in [6, 6.07) is 12.5. The van der Waals surface area contributed by atoms with E-state index in [0.717, 1.165) is 55.9 Å². The summed E-state index contributed by atoms with van der Waals surface area (Å²) in [6.45, 7) is 12.1. The van der Waals surface area contributed by atoms with Gasteiger partial charge in [-0.05, 0) is 109 Å². The molecule has 4 heterocycles. The zero-order valence-electron chi connectivity index (χ0n) is 35.4. The van der Waals surface area contributed by atoms with E-state index >= 15 is 4.79 Å². The van der Waals surface area contributed by atoms with E-state index in [4.69, 9.17) is 33.0 Å². The second-order valence-electron chi connectivity index (χ2n) is 16.0. The van der Waals surface area contributed by atoms with Crippen LogP contribution >= 0.6 is 23.2 Å². The minimum Gasteiger partial charge on any atom is -0.494 e. The molecule has 3 aromatic carbocycles. The van der Waals surface area contributed by atoms with Crippen LogP contribution in [-0.2, 0) is 25.3 Å². The van der Waals surface area contributed by atoms with Crippen LogP contribution in [0.15, 0.2) is 48.7 Å². The van der Waals surface area contributed by atoms with Gasteiger partial charge in [0.2, 0.25) is 5.91 Å². The molecule has 1 aliphatic rings. The van der Waals surface area contributed by atoms with Crippen LogP contribution < -0.4 is 14.5 Å². The molecule has 14 heteroatoms. The maximum atomic E-state index is 15.6. The number of alkyl halides is 1. The molecule has 6 aromatic rings. The van der Waals surface area contributed by atoms with Crippen molar-refractivity contribution in [3.63, 3.8) is 0 Å². The Hall–Kier alpha value is -5.30. The van der Waals surface area contributed by atoms with Crippen molar-refractivity contribution in [2.45, 2.75) is 72.0 Å². The number of carboxylic acids is 1. The molecule has 0 saturated heterocycles. The molecule has 7 rings (SSSR count). The number of carboxylic acid groups (broad SMARTS) is 1. The topological polar surface area (TPSA) is 118 Å². The monoisotopic (exact) mass is 839 g/mol. The molecular formula is C45H51Cl2N7O5. The number of nitrogens with zero attached hydrogens (tertiary/aromatic N) is 7. The summed E-state index contributed by atoms with van der Waals surface area (Å²) in [4.78, 5) is 46.8. The van der Waals surface area contributed by atoms with Crippen LogP contribution in [0.4, 0.5) is 11.4 Å². The molecule has 0 radical (unpaired) electrons. The fourth-order valence-electron chi connectivity index (χ4n) is 8.61. The normalized spacial score (nSPS) is 16.0. The average molecular weight is 841 g/mol. The number of para-hydroxylation sites is 1. The zero-order valence-corrected chi connectivity index (χ0v) is 37.0. The zero-order chi connectivity index (χ0) is 42.9. The number of likely N-dealkylation sites (N-methyl/N-ethyl adjacent to an activating group) is 2. The van der Waals surface area contributed by atoms with Crippen LogP contribution in [0.2, 0.25) is 5.02 Å². The van der Waals surface area contributed by atoms with Gasteiger partial charge in [0.05, 0.1) is 46.7 Å². The summed E-state index contributed by atoms with van der Waals surface area (Å²) in [7, 11) is 8.97. The molecule has 310 valence electrons. The molecule has 3 aromatic heterocycles. The van der Waals surface area contributed by atoms with Gasteiger partial charge in [0.15, 0.2) is 0 Å². The molecule has 0 saturated carbocycles. The van der Waals surface area contributed by atoms with Crippen molar-refractivity contribution in [3.05, 3.63) is 93.0 Å². The summed E-state index contributed by atoms with van der Waals surface area (Å²) in [5.74, 6) is -0.931. The molecule has 3 atom stereocenters. The lowest BCUT2D eigenvalue weighted by molar-refractivity contribution is -0.122. The third-order valence-electron chi connectivity index (χ3n) is 12.0. The van der Waals surface area contributed by atoms with Crippen molar-refractivity contribution in [3.8, 4) is 16.9 Å². The van der Waals surface area contributed by atoms with Crippen molar-refractivity contribution in [1.82, 2.24) is 23.8 Å². The number of ether oxygens (including phenoxy) is 1. The van der Waals surface area contributed by atoms with E-state index in [9.17, 15) is 14.7 Å². The van der Waals surface area contributed by atoms with Crippen molar-refractivity contribution in [2.75, 3.05) is 37.5 Å². The Morgan fingerprint density at radius 2 is 1.68 bits per heavy atom. The predicted molar refractivity (Wildman–Crippen MR) is 236 cm³/mol. The highest BCUT2D eigenvalue weighted by Gasteiger charge is 2.43. The Morgan fingerprint density at radius 3 is 2.29 bits per heavy atom. The standard InChI is InChI=1S/C45H51Cl2N7O5/c1-23-18-30(19-24(2)38(23)46)59-17-13-16-32-31-14-12-15-33(37-25(3)48-52(11)26(37)4)39(31)53-27(5)42(47)54(44(56)41(32)53)36-21-29(51(10)43(55)28(6)49(7)8)20-34-35(45(57)58)22-50(9)40(34)36/h12,14-15,18-22,27-28,42H,13,16-17H2,1-11H3,(H,57,58)/t27?,28?,42-/m0/s1. The number of benzene rings is 3. The molecule has 1 aliphatic heterocycles. The van der Waals surface area contributed by atoms with E-state index in [1.807, 2.05) is 78.6 Å². The number of amides is 2. The number of hydrogen-bond acceptors (Lipinski definition) is 6. The van der Waals surface area contributed by atoms with E-state index in [1.165, 1.54) is 11.1 Å². The van der Waals surface area contributed by atoms with Crippen molar-refractivity contribution in [1.29, 1.82) is 0 Å². The van der Waals surface area contributed by atoms with E-state index in [2.05, 4.69) is 16.7 Å². The fraction of sp³-hybridized carbons (Fsp3) is 0.378. The Bertz CT molecular complexity index is 2670. The number of carbonyl (C=O) groups excluding carboxylic acids is 2. The lowest BCUT2D eigenvalue weighted by Gasteiger charge is -2.39. The van der Waals surface area contributed by atoms with Gasteiger partial charge in [-0.25, -0.2) is 4.79 Å². The smallest absolute Gasteiger partial charge is 0.337 e. The molecule has 12 nitrogen and oxygen atoms in total. The van der Waals surface area contributed by atoms with Gasteiger partial charge in [0.1, 0.15) is 16.9 Å². The molecule has 2 amide bonds. The number of rotatable bonds is 11. The summed E-state index contributed by atoms with van der Waals surface area (Å²) in [6.07, 6.45) is 2.65. The van der Waals surface area contributed by atoms with Crippen LogP contribution in [0.1, 0.15) is 75.2 Å². The number of hydrogen-bond donors (Lipinski definition) is 1. The largest absolute Gasteiger partial charge is 0.494 e. The van der Waals surface area contributed by atoms with E-state index < -0.39 is 23.6 Å². The first-order valence-electron chi connectivity index (χ1n) is 19.7. The summed E-state index contributed by atoms with van der Waals surface area (Å²) in [5.41, 5.74) is 8.40. The maximum absolute atomic E-state index is 15.6. The molecule has 0 fully saturated rings. The van der Waals surface area contributed by atoms with Gasteiger partial charge in [-0.3, -0.25) is 24.1 Å². The van der Waals surface area contributed by atoms with Gasteiger partial charge in [-0.2, -0.15) is 5.10 Å². The fourth-order valence-corrected chi connectivity index (χ4v) is 9.02. The van der Waals surface area contributed by atoms with Crippen LogP contribution in [0.3, 0.4) is 0 Å². The van der Waals surface area contributed by atoms with Crippen molar-refractivity contribution in [2.24, 2.45) is 14.1 Å². The molecule has 1 N–H and O–H groups in total. The summed E-state index contributed by atoms with van der Waals surface area (Å²) < 4.78 is 11.9. The van der Waals surface area contributed by atoms with E-state index in [-0.39, 0.29) is 17.4 Å². The Labute approximate surface area is 354 Å². The lowest BCUT2D eigenvalue weighted by Crippen LogP contribution is -2.48. The van der Waals surface area contributed by atoms with Crippen LogP contribution in [0.25, 0.3) is 32.9 Å². The number of fused-ring (bicyclic) bond motifs is 4. The Morgan fingerprint density at radius 1 is 1.00 bits per heavy atom. The van der Waals surface area contributed by atoms with Crippen molar-refractivity contribution < 1.29 is 24.2 Å². The van der Waals surface area contributed by atoms with Gasteiger partial charge < -0.3 is 23.9 Å². The minimum absolute atomic E-state index is 0.0449. The van der Waals surface area contributed by atoms with E-state index in [0.29, 0.717) is 52.4 Å². The highest BCUT2D eigenvalue weighted by Crippen LogP contribution is 2.47. The Balaban J connectivity index is 1.42. The molecule has 59 heavy (non-hydrogen) atoms. The summed E-state index contributed by atoms with van der Waals surface area (Å²) in [5, 5.41) is 17.1. The first-order valence-corrected chi connectivity index (χ1v) is 20.5. The predicted octanol–water partition coefficient (Wildman–Crippen LogP) is 8.83. The first kappa shape index (κ1) is 41.8. The van der Waals surface area contributed by atoms with Gasteiger partial charge in [-0.1, -0.05) is 41.4 Å². The van der Waals surface area contributed by atoms with Crippen LogP contribution in [0, 0.1) is 27.7 Å². The van der Waals surface area contributed by atoms with Gasteiger partial charge in [-0.15, -0.1) is 0 Å². The SMILES string of the molecule is Cc1cc(OCCCc2c3n(c4c(-c5c(C)nn(C)c5C)cccc24)C(C)[C@@H](Cl)N(c2cc(N(C)C(=O)C(C)N(C)C)cc4c(C(=O)O)cn(C)c24)C3=O)cc(C)c1Cl. The number of aromatic nitrogens is 4. The van der Waals surface area contributed by atoms with Crippen molar-refractivity contribution >= 4 is 74.2 Å². The highest BCUT2D eigenvalue weighted by atomic mass is 35.5. The van der Waals surface area contributed by atoms with Gasteiger partial charge in [0, 0.05) is 65.6 Å². The molecule has 0 spiro atoms. The number of carbonyl (C=O) groups is 3. The second kappa shape index (κ2) is 15.7. The quantitative estimate of drug-likeness (QED) is 0.0787. The highest BCUT2D eigenvalue weighted by molar-refractivity contribution is 6.32. The molecule has 0 aliphatic carbocycles. The average Bonchev–Trinajstić information content (AvgIpc) is 3.80. The van der Waals surface area contributed by atoms with E-state index in [1.54, 1.807) is 47.5 Å². The van der Waals surface area contributed by atoms with Crippen LogP contribution in [0.5, 0.6) is 5.75 Å². The first-order chi connectivity index (χ1) is 27.8.